The van der Waals surface area contributed by atoms with E-state index in [1.807, 2.05) is 62.4 Å². The van der Waals surface area contributed by atoms with Crippen molar-refractivity contribution >= 4 is 28.5 Å². The van der Waals surface area contributed by atoms with Gasteiger partial charge in [0.1, 0.15) is 11.6 Å². The van der Waals surface area contributed by atoms with Gasteiger partial charge in [-0.15, -0.1) is 0 Å². The first-order valence-corrected chi connectivity index (χ1v) is 14.2. The molecule has 0 unspecified atom stereocenters. The maximum atomic E-state index is 5.17. The van der Waals surface area contributed by atoms with E-state index in [0.717, 1.165) is 39.9 Å². The Morgan fingerprint density at radius 1 is 0.659 bits per heavy atom. The molecule has 0 N–H and O–H groups in total. The summed E-state index contributed by atoms with van der Waals surface area (Å²) in [4.78, 5) is 12.5. The van der Waals surface area contributed by atoms with Crippen molar-refractivity contribution in [2.75, 3.05) is 4.90 Å². The van der Waals surface area contributed by atoms with Gasteiger partial charge in [0.15, 0.2) is 0 Å². The summed E-state index contributed by atoms with van der Waals surface area (Å²) < 4.78 is 0. The van der Waals surface area contributed by atoms with E-state index < -0.39 is 0 Å². The average molecular weight is 544 g/mol. The summed E-state index contributed by atoms with van der Waals surface area (Å²) in [6.45, 7) is 25.4. The van der Waals surface area contributed by atoms with Crippen molar-refractivity contribution in [1.29, 1.82) is 0 Å². The van der Waals surface area contributed by atoms with Crippen LogP contribution in [-0.4, -0.2) is 9.97 Å². The Hall–Kier alpha value is -4.24. The molecule has 0 spiro atoms. The molecule has 0 aliphatic heterocycles. The molecule has 3 heteroatoms. The smallest absolute Gasteiger partial charge is 0.139 e. The summed E-state index contributed by atoms with van der Waals surface area (Å²) in [5.41, 5.74) is 7.20. The molecule has 0 saturated carbocycles. The molecule has 41 heavy (non-hydrogen) atoms. The van der Waals surface area contributed by atoms with Gasteiger partial charge < -0.3 is 0 Å². The number of allylic oxidation sites excluding steroid dienone is 10. The summed E-state index contributed by atoms with van der Waals surface area (Å²) in [5.74, 6) is 1.58. The Morgan fingerprint density at radius 2 is 1.07 bits per heavy atom. The SMILES string of the molecule is C=CC=C(/C=C\C)c1cccc(N(c2cc(C(C)(C)C)cc(C(C)(C)C)c2)c2cccc(/C(C=CC)=C/C=C)n2)n1. The molecule has 3 rings (SSSR count). The monoisotopic (exact) mass is 543 g/mol. The molecule has 0 radical (unpaired) electrons. The minimum absolute atomic E-state index is 0.0379. The van der Waals surface area contributed by atoms with Gasteiger partial charge in [0.2, 0.25) is 0 Å². The lowest BCUT2D eigenvalue weighted by atomic mass is 9.80. The molecule has 2 heterocycles. The van der Waals surface area contributed by atoms with Crippen LogP contribution in [0.1, 0.15) is 77.9 Å². The molecule has 0 amide bonds. The van der Waals surface area contributed by atoms with Crippen molar-refractivity contribution in [3.05, 3.63) is 139 Å². The third-order valence-corrected chi connectivity index (χ3v) is 6.71. The molecule has 0 saturated heterocycles. The van der Waals surface area contributed by atoms with E-state index >= 15 is 0 Å². The lowest BCUT2D eigenvalue weighted by molar-refractivity contribution is 0.568. The molecule has 2 aromatic heterocycles. The van der Waals surface area contributed by atoms with Crippen LogP contribution in [0.15, 0.2) is 116 Å². The van der Waals surface area contributed by atoms with Crippen molar-refractivity contribution in [2.24, 2.45) is 0 Å². The number of hydrogen-bond acceptors (Lipinski definition) is 3. The van der Waals surface area contributed by atoms with Gasteiger partial charge in [-0.1, -0.05) is 122 Å². The van der Waals surface area contributed by atoms with E-state index in [1.165, 1.54) is 11.1 Å². The molecular weight excluding hydrogens is 498 g/mol. The second-order valence-corrected chi connectivity index (χ2v) is 12.1. The zero-order valence-electron chi connectivity index (χ0n) is 26.1. The van der Waals surface area contributed by atoms with Crippen LogP contribution in [-0.2, 0) is 10.8 Å². The third-order valence-electron chi connectivity index (χ3n) is 6.71. The van der Waals surface area contributed by atoms with Crippen molar-refractivity contribution < 1.29 is 0 Å². The Labute approximate surface area is 248 Å². The number of benzene rings is 1. The van der Waals surface area contributed by atoms with Gasteiger partial charge in [0.25, 0.3) is 0 Å². The van der Waals surface area contributed by atoms with Crippen LogP contribution >= 0.6 is 0 Å². The van der Waals surface area contributed by atoms with E-state index in [-0.39, 0.29) is 10.8 Å². The van der Waals surface area contributed by atoms with E-state index in [4.69, 9.17) is 9.97 Å². The summed E-state index contributed by atoms with van der Waals surface area (Å²) in [5, 5.41) is 0. The van der Waals surface area contributed by atoms with Gasteiger partial charge in [-0.05, 0) is 83.3 Å². The fourth-order valence-electron chi connectivity index (χ4n) is 4.47. The number of rotatable bonds is 9. The Kier molecular flexibility index (Phi) is 10.2. The largest absolute Gasteiger partial charge is 0.279 e. The van der Waals surface area contributed by atoms with Crippen LogP contribution in [0.25, 0.3) is 11.1 Å². The van der Waals surface area contributed by atoms with E-state index in [9.17, 15) is 0 Å². The zero-order chi connectivity index (χ0) is 30.2. The maximum absolute atomic E-state index is 5.17. The highest BCUT2D eigenvalue weighted by atomic mass is 15.2. The molecule has 0 bridgehead atoms. The van der Waals surface area contributed by atoms with Gasteiger partial charge in [-0.2, -0.15) is 0 Å². The lowest BCUT2D eigenvalue weighted by Gasteiger charge is -2.30. The molecule has 212 valence electrons. The molecule has 1 aromatic carbocycles. The van der Waals surface area contributed by atoms with Crippen LogP contribution < -0.4 is 4.90 Å². The Bertz CT molecular complexity index is 1390. The molecular formula is C38H45N3. The number of anilines is 3. The van der Waals surface area contributed by atoms with Gasteiger partial charge in [-0.3, -0.25) is 4.90 Å². The Morgan fingerprint density at radius 3 is 1.41 bits per heavy atom. The van der Waals surface area contributed by atoms with Crippen LogP contribution in [0.2, 0.25) is 0 Å². The topological polar surface area (TPSA) is 29.0 Å². The van der Waals surface area contributed by atoms with Gasteiger partial charge >= 0.3 is 0 Å². The van der Waals surface area contributed by atoms with Crippen LogP contribution in [0.3, 0.4) is 0 Å². The highest BCUT2D eigenvalue weighted by molar-refractivity contribution is 5.79. The quantitative estimate of drug-likeness (QED) is 0.251. The second-order valence-electron chi connectivity index (χ2n) is 12.1. The van der Waals surface area contributed by atoms with E-state index in [1.54, 1.807) is 12.2 Å². The summed E-state index contributed by atoms with van der Waals surface area (Å²) in [7, 11) is 0. The normalized spacial score (nSPS) is 13.2. The van der Waals surface area contributed by atoms with Crippen molar-refractivity contribution in [3.8, 4) is 0 Å². The van der Waals surface area contributed by atoms with Crippen molar-refractivity contribution in [3.63, 3.8) is 0 Å². The summed E-state index contributed by atoms with van der Waals surface area (Å²) >= 11 is 0. The zero-order valence-corrected chi connectivity index (χ0v) is 26.1. The minimum Gasteiger partial charge on any atom is -0.279 e. The Balaban J connectivity index is 2.40. The third kappa shape index (κ3) is 7.91. The van der Waals surface area contributed by atoms with E-state index in [2.05, 4.69) is 102 Å². The van der Waals surface area contributed by atoms with Gasteiger partial charge in [-0.25, -0.2) is 9.97 Å². The summed E-state index contributed by atoms with van der Waals surface area (Å²) in [6, 6.07) is 19.1. The average Bonchev–Trinajstić information content (AvgIpc) is 2.92. The first-order chi connectivity index (χ1) is 19.4. The van der Waals surface area contributed by atoms with Crippen LogP contribution in [0, 0.1) is 0 Å². The number of aromatic nitrogens is 2. The highest BCUT2D eigenvalue weighted by Crippen LogP contribution is 2.39. The van der Waals surface area contributed by atoms with Crippen LogP contribution in [0.5, 0.6) is 0 Å². The first-order valence-electron chi connectivity index (χ1n) is 14.2. The maximum Gasteiger partial charge on any atom is 0.139 e. The predicted molar refractivity (Wildman–Crippen MR) is 180 cm³/mol. The number of pyridine rings is 2. The molecule has 0 fully saturated rings. The van der Waals surface area contributed by atoms with E-state index in [0.29, 0.717) is 0 Å². The fourth-order valence-corrected chi connectivity index (χ4v) is 4.47. The van der Waals surface area contributed by atoms with Gasteiger partial charge in [0, 0.05) is 5.69 Å². The van der Waals surface area contributed by atoms with Gasteiger partial charge in [0.05, 0.1) is 11.4 Å². The minimum atomic E-state index is -0.0379. The molecule has 0 aliphatic rings. The lowest BCUT2D eigenvalue weighted by Crippen LogP contribution is -2.20. The molecule has 3 nitrogen and oxygen atoms in total. The van der Waals surface area contributed by atoms with Crippen molar-refractivity contribution in [1.82, 2.24) is 9.97 Å². The second kappa shape index (κ2) is 13.4. The van der Waals surface area contributed by atoms with Crippen LogP contribution in [0.4, 0.5) is 17.3 Å². The predicted octanol–water partition coefficient (Wildman–Crippen LogP) is 10.8. The number of hydrogen-bond donors (Lipinski definition) is 0. The number of nitrogens with zero attached hydrogens (tertiary/aromatic N) is 3. The molecule has 0 aliphatic carbocycles. The van der Waals surface area contributed by atoms with Crippen molar-refractivity contribution in [2.45, 2.75) is 66.2 Å². The highest BCUT2D eigenvalue weighted by Gasteiger charge is 2.24. The fraction of sp³-hybridized carbons (Fsp3) is 0.263. The standard InChI is InChI=1S/C38H45N3/c1-11-17-28(18-12-2)33-21-15-23-35(39-33)41(36-24-16-22-34(40-36)29(19-13-3)20-14-4)32-26-30(37(5,6)7)25-31(27-32)38(8,9)10/h11-27H,1,3H2,2,4-10H3/b18-12-,20-14?,28-17?,29-19+. The molecule has 0 atom stereocenters. The summed E-state index contributed by atoms with van der Waals surface area (Å²) in [6.07, 6.45) is 15.7. The molecule has 3 aromatic rings. The first kappa shape index (κ1) is 31.3.